The molecule has 7 heteroatoms. The minimum Gasteiger partial charge on any atom is -0.322 e. The summed E-state index contributed by atoms with van der Waals surface area (Å²) >= 11 is 0. The summed E-state index contributed by atoms with van der Waals surface area (Å²) in [7, 11) is 0. The van der Waals surface area contributed by atoms with Gasteiger partial charge in [-0.3, -0.25) is 9.69 Å². The molecule has 170 valence electrons. The number of aromatic amines is 1. The van der Waals surface area contributed by atoms with Crippen LogP contribution in [0.25, 0.3) is 10.9 Å². The van der Waals surface area contributed by atoms with Gasteiger partial charge in [0.2, 0.25) is 0 Å². The monoisotopic (exact) mass is 434 g/mol. The Hall–Kier alpha value is -2.54. The lowest BCUT2D eigenvalue weighted by molar-refractivity contribution is 0.138. The van der Waals surface area contributed by atoms with E-state index in [1.807, 2.05) is 10.7 Å². The van der Waals surface area contributed by atoms with Crippen molar-refractivity contribution in [1.29, 1.82) is 0 Å². The van der Waals surface area contributed by atoms with Crippen molar-refractivity contribution in [2.24, 2.45) is 5.92 Å². The first-order valence-electron chi connectivity index (χ1n) is 12.3. The molecule has 3 aromatic rings. The van der Waals surface area contributed by atoms with Gasteiger partial charge in [0.15, 0.2) is 5.82 Å². The van der Waals surface area contributed by atoms with Crippen molar-refractivity contribution < 1.29 is 0 Å². The number of nitrogens with one attached hydrogen (secondary N) is 1. The summed E-state index contributed by atoms with van der Waals surface area (Å²) in [6.07, 6.45) is 9.25. The van der Waals surface area contributed by atoms with E-state index in [0.717, 1.165) is 61.1 Å². The molecule has 1 aliphatic carbocycles. The Balaban J connectivity index is 1.64. The number of rotatable bonds is 5. The molecule has 0 radical (unpaired) electrons. The van der Waals surface area contributed by atoms with Crippen LogP contribution in [0.2, 0.25) is 0 Å². The van der Waals surface area contributed by atoms with Crippen LogP contribution < -0.4 is 5.56 Å². The van der Waals surface area contributed by atoms with Crippen LogP contribution in [0.4, 0.5) is 0 Å². The Morgan fingerprint density at radius 1 is 1.12 bits per heavy atom. The molecular formula is C25H34N6O. The molecule has 0 unspecified atom stereocenters. The average molecular weight is 435 g/mol. The second kappa shape index (κ2) is 9.14. The van der Waals surface area contributed by atoms with Gasteiger partial charge in [-0.25, -0.2) is 4.68 Å². The number of aromatic nitrogens is 5. The number of hydrogen-bond acceptors (Lipinski definition) is 5. The first-order chi connectivity index (χ1) is 15.6. The second-order valence-corrected chi connectivity index (χ2v) is 9.75. The van der Waals surface area contributed by atoms with Crippen LogP contribution in [0.5, 0.6) is 0 Å². The van der Waals surface area contributed by atoms with Gasteiger partial charge in [0.1, 0.15) is 6.04 Å². The number of pyridine rings is 1. The van der Waals surface area contributed by atoms with Crippen LogP contribution in [0.15, 0.2) is 29.1 Å². The number of H-pyrrole nitrogens is 1. The molecule has 7 nitrogen and oxygen atoms in total. The number of fused-ring (bicyclic) bond motifs is 1. The molecule has 0 amide bonds. The van der Waals surface area contributed by atoms with Crippen molar-refractivity contribution in [2.45, 2.75) is 77.3 Å². The Morgan fingerprint density at radius 2 is 1.97 bits per heavy atom. The van der Waals surface area contributed by atoms with Gasteiger partial charge >= 0.3 is 0 Å². The summed E-state index contributed by atoms with van der Waals surface area (Å²) in [4.78, 5) is 18.9. The van der Waals surface area contributed by atoms with E-state index in [2.05, 4.69) is 57.5 Å². The van der Waals surface area contributed by atoms with Crippen LogP contribution >= 0.6 is 0 Å². The molecule has 1 saturated heterocycles. The van der Waals surface area contributed by atoms with Crippen LogP contribution in [0, 0.1) is 5.92 Å². The second-order valence-electron chi connectivity index (χ2n) is 9.75. The van der Waals surface area contributed by atoms with E-state index in [1.54, 1.807) is 0 Å². The number of piperidine rings is 1. The Bertz CT molecular complexity index is 1130. The smallest absolute Gasteiger partial charge is 0.253 e. The van der Waals surface area contributed by atoms with Crippen LogP contribution in [-0.2, 0) is 6.42 Å². The van der Waals surface area contributed by atoms with Gasteiger partial charge in [-0.05, 0) is 84.1 Å². The van der Waals surface area contributed by atoms with Crippen molar-refractivity contribution in [2.75, 3.05) is 13.1 Å². The third-order valence-electron chi connectivity index (χ3n) is 7.38. The van der Waals surface area contributed by atoms with Crippen LogP contribution in [0.1, 0.15) is 87.8 Å². The van der Waals surface area contributed by atoms with Crippen molar-refractivity contribution in [3.05, 3.63) is 51.6 Å². The summed E-state index contributed by atoms with van der Waals surface area (Å²) in [5.74, 6) is 1.42. The summed E-state index contributed by atoms with van der Waals surface area (Å²) in [6, 6.07) is 8.47. The fraction of sp³-hybridized carbons (Fsp3) is 0.600. The van der Waals surface area contributed by atoms with Crippen LogP contribution in [0.3, 0.4) is 0 Å². The summed E-state index contributed by atoms with van der Waals surface area (Å²) in [5.41, 5.74) is 2.87. The van der Waals surface area contributed by atoms with Gasteiger partial charge in [-0.2, -0.15) is 0 Å². The summed E-state index contributed by atoms with van der Waals surface area (Å²) in [6.45, 7) is 6.36. The number of nitrogens with zero attached hydrogens (tertiary/aromatic N) is 5. The van der Waals surface area contributed by atoms with E-state index in [1.165, 1.54) is 31.2 Å². The van der Waals surface area contributed by atoms with E-state index in [0.29, 0.717) is 12.0 Å². The number of benzene rings is 1. The fourth-order valence-electron chi connectivity index (χ4n) is 5.62. The molecule has 1 N–H and O–H groups in total. The Morgan fingerprint density at radius 3 is 2.75 bits per heavy atom. The van der Waals surface area contributed by atoms with Gasteiger partial charge in [-0.15, -0.1) is 5.10 Å². The topological polar surface area (TPSA) is 79.7 Å². The van der Waals surface area contributed by atoms with Crippen molar-refractivity contribution in [3.63, 3.8) is 0 Å². The lowest BCUT2D eigenvalue weighted by atomic mass is 9.93. The highest BCUT2D eigenvalue weighted by atomic mass is 16.1. The maximum absolute atomic E-state index is 13.4. The number of aryl methyl sites for hydroxylation is 1. The van der Waals surface area contributed by atoms with Crippen molar-refractivity contribution in [1.82, 2.24) is 30.1 Å². The van der Waals surface area contributed by atoms with Gasteiger partial charge in [0.25, 0.3) is 5.56 Å². The van der Waals surface area contributed by atoms with E-state index >= 15 is 0 Å². The van der Waals surface area contributed by atoms with E-state index in [4.69, 9.17) is 0 Å². The Labute approximate surface area is 189 Å². The average Bonchev–Trinajstić information content (AvgIpc) is 3.29. The van der Waals surface area contributed by atoms with Crippen molar-refractivity contribution >= 4 is 10.9 Å². The normalized spacial score (nSPS) is 21.8. The Kier molecular flexibility index (Phi) is 6.09. The standard InChI is InChI=1S/C25H34N6O/c1-3-18-11-12-22-19(14-18)15-21(25(32)26-22)23(30-13-7-8-17(2)16-30)24-27-28-29-31(24)20-9-5-4-6-10-20/h11-12,14-15,17,20,23H,3-10,13,16H2,1-2H3,(H,26,32)/t17-,23-/m0/s1. The number of tetrazole rings is 1. The predicted molar refractivity (Wildman–Crippen MR) is 126 cm³/mol. The minimum atomic E-state index is -0.229. The lowest BCUT2D eigenvalue weighted by Crippen LogP contribution is -2.41. The molecule has 3 heterocycles. The van der Waals surface area contributed by atoms with Crippen molar-refractivity contribution in [3.8, 4) is 0 Å². The molecule has 1 saturated carbocycles. The number of likely N-dealkylation sites (tertiary alicyclic amines) is 1. The number of hydrogen-bond donors (Lipinski definition) is 1. The van der Waals surface area contributed by atoms with Gasteiger partial charge in [0, 0.05) is 17.6 Å². The highest BCUT2D eigenvalue weighted by Crippen LogP contribution is 2.34. The largest absolute Gasteiger partial charge is 0.322 e. The first-order valence-corrected chi connectivity index (χ1v) is 12.3. The van der Waals surface area contributed by atoms with E-state index in [-0.39, 0.29) is 11.6 Å². The summed E-state index contributed by atoms with van der Waals surface area (Å²) < 4.78 is 2.04. The zero-order chi connectivity index (χ0) is 22.1. The minimum absolute atomic E-state index is 0.0387. The highest BCUT2D eigenvalue weighted by Gasteiger charge is 2.34. The van der Waals surface area contributed by atoms with Gasteiger partial charge in [0.05, 0.1) is 6.04 Å². The summed E-state index contributed by atoms with van der Waals surface area (Å²) in [5, 5.41) is 14.1. The maximum atomic E-state index is 13.4. The quantitative estimate of drug-likeness (QED) is 0.644. The van der Waals surface area contributed by atoms with Gasteiger partial charge in [-0.1, -0.05) is 39.2 Å². The predicted octanol–water partition coefficient (Wildman–Crippen LogP) is 4.40. The molecule has 1 aliphatic heterocycles. The molecule has 2 atom stereocenters. The third kappa shape index (κ3) is 4.10. The molecule has 2 aromatic heterocycles. The lowest BCUT2D eigenvalue weighted by Gasteiger charge is -2.37. The molecule has 0 bridgehead atoms. The highest BCUT2D eigenvalue weighted by molar-refractivity contribution is 5.80. The molecule has 2 aliphatic rings. The zero-order valence-electron chi connectivity index (χ0n) is 19.3. The fourth-order valence-corrected chi connectivity index (χ4v) is 5.62. The zero-order valence-corrected chi connectivity index (χ0v) is 19.3. The SMILES string of the molecule is CCc1ccc2[nH]c(=O)c([C@@H](c3nnnn3C3CCCCC3)N3CCC[C@H](C)C3)cc2c1. The molecule has 32 heavy (non-hydrogen) atoms. The van der Waals surface area contributed by atoms with Gasteiger partial charge < -0.3 is 4.98 Å². The molecule has 1 aromatic carbocycles. The third-order valence-corrected chi connectivity index (χ3v) is 7.38. The molecular weight excluding hydrogens is 400 g/mol. The molecule has 2 fully saturated rings. The van der Waals surface area contributed by atoms with E-state index < -0.39 is 0 Å². The molecule has 5 rings (SSSR count). The maximum Gasteiger partial charge on any atom is 0.253 e. The first kappa shape index (κ1) is 21.3. The van der Waals surface area contributed by atoms with E-state index in [9.17, 15) is 4.79 Å². The van der Waals surface area contributed by atoms with Crippen LogP contribution in [-0.4, -0.2) is 43.2 Å². The molecule has 0 spiro atoms.